The van der Waals surface area contributed by atoms with Crippen molar-refractivity contribution >= 4 is 30.7 Å². The molecule has 1 saturated carbocycles. The SMILES string of the molecule is CN(C)C1CCCC(NC(=O)[C@@H](N)C(C)(C)C)C1.Cl.Cl. The van der Waals surface area contributed by atoms with E-state index < -0.39 is 6.04 Å². The second-order valence-corrected chi connectivity index (χ2v) is 6.83. The van der Waals surface area contributed by atoms with Crippen molar-refractivity contribution in [3.05, 3.63) is 0 Å². The number of rotatable bonds is 3. The van der Waals surface area contributed by atoms with Gasteiger partial charge in [0.25, 0.3) is 0 Å². The highest BCUT2D eigenvalue weighted by atomic mass is 35.5. The Hall–Kier alpha value is -0.0300. The smallest absolute Gasteiger partial charge is 0.237 e. The van der Waals surface area contributed by atoms with E-state index in [1.807, 2.05) is 20.8 Å². The quantitative estimate of drug-likeness (QED) is 0.835. The number of hydrogen-bond donors (Lipinski definition) is 2. The molecule has 3 atom stereocenters. The van der Waals surface area contributed by atoms with Crippen LogP contribution in [0.25, 0.3) is 0 Å². The van der Waals surface area contributed by atoms with E-state index in [0.29, 0.717) is 6.04 Å². The summed E-state index contributed by atoms with van der Waals surface area (Å²) in [5, 5.41) is 3.12. The fourth-order valence-corrected chi connectivity index (χ4v) is 2.45. The molecule has 122 valence electrons. The normalized spacial score (nSPS) is 24.4. The van der Waals surface area contributed by atoms with Crippen LogP contribution in [0.2, 0.25) is 0 Å². The molecule has 0 aromatic carbocycles. The summed E-state index contributed by atoms with van der Waals surface area (Å²) in [6.07, 6.45) is 4.52. The molecule has 0 radical (unpaired) electrons. The molecule has 0 heterocycles. The molecule has 0 aliphatic heterocycles. The van der Waals surface area contributed by atoms with Gasteiger partial charge in [-0.05, 0) is 45.2 Å². The molecule has 2 unspecified atom stereocenters. The third-order valence-corrected chi connectivity index (χ3v) is 3.94. The predicted molar refractivity (Wildman–Crippen MR) is 89.8 cm³/mol. The third kappa shape index (κ3) is 6.61. The molecule has 1 aliphatic carbocycles. The Morgan fingerprint density at radius 2 is 1.80 bits per heavy atom. The van der Waals surface area contributed by atoms with E-state index in [0.717, 1.165) is 12.8 Å². The molecule has 1 amide bonds. The van der Waals surface area contributed by atoms with Crippen LogP contribution in [0.4, 0.5) is 0 Å². The van der Waals surface area contributed by atoms with Gasteiger partial charge in [-0.25, -0.2) is 0 Å². The number of nitrogens with zero attached hydrogens (tertiary/aromatic N) is 1. The largest absolute Gasteiger partial charge is 0.352 e. The highest BCUT2D eigenvalue weighted by molar-refractivity contribution is 5.85. The lowest BCUT2D eigenvalue weighted by Gasteiger charge is -2.35. The zero-order valence-corrected chi connectivity index (χ0v) is 14.9. The van der Waals surface area contributed by atoms with E-state index in [1.165, 1.54) is 12.8 Å². The number of amides is 1. The maximum absolute atomic E-state index is 12.1. The van der Waals surface area contributed by atoms with Gasteiger partial charge in [0.05, 0.1) is 6.04 Å². The van der Waals surface area contributed by atoms with Crippen molar-refractivity contribution in [1.29, 1.82) is 0 Å². The predicted octanol–water partition coefficient (Wildman–Crippen LogP) is 2.19. The number of halogens is 2. The Bertz CT molecular complexity index is 293. The molecule has 0 saturated heterocycles. The van der Waals surface area contributed by atoms with Crippen LogP contribution in [0, 0.1) is 5.41 Å². The topological polar surface area (TPSA) is 58.4 Å². The summed E-state index contributed by atoms with van der Waals surface area (Å²) in [7, 11) is 4.21. The fraction of sp³-hybridized carbons (Fsp3) is 0.929. The lowest BCUT2D eigenvalue weighted by molar-refractivity contribution is -0.125. The van der Waals surface area contributed by atoms with Gasteiger partial charge in [0.2, 0.25) is 5.91 Å². The maximum Gasteiger partial charge on any atom is 0.237 e. The minimum atomic E-state index is -0.433. The van der Waals surface area contributed by atoms with Crippen molar-refractivity contribution in [1.82, 2.24) is 10.2 Å². The van der Waals surface area contributed by atoms with Gasteiger partial charge in [-0.2, -0.15) is 0 Å². The Morgan fingerprint density at radius 1 is 1.25 bits per heavy atom. The maximum atomic E-state index is 12.1. The molecule has 20 heavy (non-hydrogen) atoms. The summed E-state index contributed by atoms with van der Waals surface area (Å²) in [6.45, 7) is 6.00. The monoisotopic (exact) mass is 327 g/mol. The van der Waals surface area contributed by atoms with Gasteiger partial charge in [0, 0.05) is 12.1 Å². The molecule has 0 spiro atoms. The molecule has 4 nitrogen and oxygen atoms in total. The zero-order valence-electron chi connectivity index (χ0n) is 13.3. The second-order valence-electron chi connectivity index (χ2n) is 6.83. The van der Waals surface area contributed by atoms with Crippen molar-refractivity contribution in [2.45, 2.75) is 64.6 Å². The lowest BCUT2D eigenvalue weighted by Crippen LogP contribution is -2.53. The molecular weight excluding hydrogens is 297 g/mol. The zero-order chi connectivity index (χ0) is 13.9. The first-order chi connectivity index (χ1) is 8.21. The van der Waals surface area contributed by atoms with E-state index in [9.17, 15) is 4.79 Å². The first-order valence-electron chi connectivity index (χ1n) is 6.94. The molecule has 1 aliphatic rings. The molecule has 3 N–H and O–H groups in total. The van der Waals surface area contributed by atoms with Gasteiger partial charge in [-0.15, -0.1) is 24.8 Å². The Morgan fingerprint density at radius 3 is 2.25 bits per heavy atom. The van der Waals surface area contributed by atoms with Crippen LogP contribution < -0.4 is 11.1 Å². The number of hydrogen-bond acceptors (Lipinski definition) is 3. The number of carbonyl (C=O) groups is 1. The summed E-state index contributed by atoms with van der Waals surface area (Å²) in [6, 6.07) is 0.430. The lowest BCUT2D eigenvalue weighted by atomic mass is 9.85. The van der Waals surface area contributed by atoms with Crippen LogP contribution in [0.5, 0.6) is 0 Å². The summed E-state index contributed by atoms with van der Waals surface area (Å²) in [5.41, 5.74) is 5.80. The van der Waals surface area contributed by atoms with Gasteiger partial charge in [-0.1, -0.05) is 20.8 Å². The highest BCUT2D eigenvalue weighted by Crippen LogP contribution is 2.23. The molecule has 0 aromatic rings. The van der Waals surface area contributed by atoms with E-state index in [1.54, 1.807) is 0 Å². The minimum absolute atomic E-state index is 0. The molecule has 6 heteroatoms. The summed E-state index contributed by atoms with van der Waals surface area (Å²) in [5.74, 6) is -0.00749. The van der Waals surface area contributed by atoms with Crippen LogP contribution >= 0.6 is 24.8 Å². The summed E-state index contributed by atoms with van der Waals surface area (Å²) >= 11 is 0. The Balaban J connectivity index is 0. The number of nitrogens with two attached hydrogens (primary N) is 1. The van der Waals surface area contributed by atoms with Crippen LogP contribution in [0.15, 0.2) is 0 Å². The van der Waals surface area contributed by atoms with Crippen molar-refractivity contribution in [3.63, 3.8) is 0 Å². The average molecular weight is 328 g/mol. The van der Waals surface area contributed by atoms with Crippen LogP contribution in [0.3, 0.4) is 0 Å². The molecule has 0 aromatic heterocycles. The first-order valence-corrected chi connectivity index (χ1v) is 6.94. The molecule has 0 bridgehead atoms. The molecule has 1 fully saturated rings. The van der Waals surface area contributed by atoms with E-state index in [4.69, 9.17) is 5.73 Å². The Labute approximate surface area is 136 Å². The fourth-order valence-electron chi connectivity index (χ4n) is 2.45. The van der Waals surface area contributed by atoms with Crippen molar-refractivity contribution in [2.75, 3.05) is 14.1 Å². The van der Waals surface area contributed by atoms with Crippen molar-refractivity contribution < 1.29 is 4.79 Å². The van der Waals surface area contributed by atoms with E-state index >= 15 is 0 Å². The Kier molecular flexibility index (Phi) is 10.1. The molecular formula is C14H31Cl2N3O. The van der Waals surface area contributed by atoms with Crippen LogP contribution in [0.1, 0.15) is 46.5 Å². The van der Waals surface area contributed by atoms with E-state index in [-0.39, 0.29) is 42.2 Å². The van der Waals surface area contributed by atoms with Gasteiger partial charge in [0.15, 0.2) is 0 Å². The number of nitrogens with one attached hydrogen (secondary N) is 1. The molecule has 1 rings (SSSR count). The third-order valence-electron chi connectivity index (χ3n) is 3.94. The summed E-state index contributed by atoms with van der Waals surface area (Å²) < 4.78 is 0. The van der Waals surface area contributed by atoms with Gasteiger partial charge >= 0.3 is 0 Å². The first kappa shape index (κ1) is 22.3. The van der Waals surface area contributed by atoms with Crippen molar-refractivity contribution in [2.24, 2.45) is 11.1 Å². The minimum Gasteiger partial charge on any atom is -0.352 e. The second kappa shape index (κ2) is 9.08. The van der Waals surface area contributed by atoms with Gasteiger partial charge in [0.1, 0.15) is 0 Å². The summed E-state index contributed by atoms with van der Waals surface area (Å²) in [4.78, 5) is 14.3. The number of carbonyl (C=O) groups excluding carboxylic acids is 1. The average Bonchev–Trinajstić information content (AvgIpc) is 2.27. The van der Waals surface area contributed by atoms with E-state index in [2.05, 4.69) is 24.3 Å². The van der Waals surface area contributed by atoms with Crippen LogP contribution in [-0.4, -0.2) is 43.0 Å². The highest BCUT2D eigenvalue weighted by Gasteiger charge is 2.30. The van der Waals surface area contributed by atoms with Gasteiger partial charge < -0.3 is 16.0 Å². The van der Waals surface area contributed by atoms with Crippen molar-refractivity contribution in [3.8, 4) is 0 Å². The van der Waals surface area contributed by atoms with Crippen LogP contribution in [-0.2, 0) is 4.79 Å². The standard InChI is InChI=1S/C14H29N3O.2ClH/c1-14(2,3)12(15)13(18)16-10-7-6-8-11(9-10)17(4)5;;/h10-12H,6-9,15H2,1-5H3,(H,16,18);2*1H/t10?,11?,12-;;/m1../s1. The van der Waals surface area contributed by atoms with Gasteiger partial charge in [-0.3, -0.25) is 4.79 Å².